The molecule has 116 valence electrons. The predicted octanol–water partition coefficient (Wildman–Crippen LogP) is 3.79. The minimum Gasteiger partial charge on any atom is -0.309 e. The van der Waals surface area contributed by atoms with Crippen LogP contribution in [0.5, 0.6) is 0 Å². The summed E-state index contributed by atoms with van der Waals surface area (Å²) in [4.78, 5) is 5.83. The van der Waals surface area contributed by atoms with Gasteiger partial charge in [-0.15, -0.1) is 21.5 Å². The fourth-order valence-corrected chi connectivity index (χ4v) is 4.14. The maximum atomic E-state index is 4.81. The molecule has 0 aliphatic rings. The van der Waals surface area contributed by atoms with Gasteiger partial charge in [0, 0.05) is 29.9 Å². The molecule has 0 unspecified atom stereocenters. The van der Waals surface area contributed by atoms with Gasteiger partial charge in [0.15, 0.2) is 10.1 Å². The highest BCUT2D eigenvalue weighted by Gasteiger charge is 2.16. The number of rotatable bonds is 4. The van der Waals surface area contributed by atoms with Crippen LogP contribution in [0.2, 0.25) is 0 Å². The number of fused-ring (bicyclic) bond motifs is 1. The molecular formula is C16H15N5S2. The minimum atomic E-state index is 0.800. The maximum Gasteiger partial charge on any atom is 0.194 e. The molecule has 0 aliphatic carbocycles. The Morgan fingerprint density at radius 3 is 2.74 bits per heavy atom. The molecule has 0 atom stereocenters. The van der Waals surface area contributed by atoms with E-state index in [4.69, 9.17) is 4.98 Å². The van der Waals surface area contributed by atoms with Gasteiger partial charge >= 0.3 is 0 Å². The lowest BCUT2D eigenvalue weighted by Crippen LogP contribution is -1.96. The molecular weight excluding hydrogens is 326 g/mol. The average molecular weight is 341 g/mol. The molecule has 3 aromatic heterocycles. The summed E-state index contributed by atoms with van der Waals surface area (Å²) in [5.41, 5.74) is 3.38. The van der Waals surface area contributed by atoms with Crippen LogP contribution in [0, 0.1) is 6.92 Å². The van der Waals surface area contributed by atoms with E-state index in [1.165, 1.54) is 5.69 Å². The number of thioether (sulfide) groups is 1. The fraction of sp³-hybridized carbons (Fsp3) is 0.188. The lowest BCUT2D eigenvalue weighted by molar-refractivity contribution is 0.765. The molecule has 0 saturated heterocycles. The van der Waals surface area contributed by atoms with Crippen molar-refractivity contribution in [3.63, 3.8) is 0 Å². The van der Waals surface area contributed by atoms with E-state index in [0.29, 0.717) is 0 Å². The summed E-state index contributed by atoms with van der Waals surface area (Å²) >= 11 is 3.34. The van der Waals surface area contributed by atoms with Crippen molar-refractivity contribution in [3.05, 3.63) is 53.4 Å². The van der Waals surface area contributed by atoms with Crippen molar-refractivity contribution in [3.8, 4) is 11.3 Å². The average Bonchev–Trinajstić information content (AvgIpc) is 3.24. The first kappa shape index (κ1) is 14.5. The van der Waals surface area contributed by atoms with E-state index in [1.807, 2.05) is 36.7 Å². The molecule has 7 heteroatoms. The summed E-state index contributed by atoms with van der Waals surface area (Å²) < 4.78 is 4.18. The van der Waals surface area contributed by atoms with Gasteiger partial charge in [0.05, 0.1) is 11.4 Å². The first-order valence-electron chi connectivity index (χ1n) is 7.22. The summed E-state index contributed by atoms with van der Waals surface area (Å²) in [6.45, 7) is 1.96. The van der Waals surface area contributed by atoms with E-state index in [9.17, 15) is 0 Å². The zero-order valence-electron chi connectivity index (χ0n) is 12.8. The first-order chi connectivity index (χ1) is 11.2. The number of aromatic nitrogens is 5. The summed E-state index contributed by atoms with van der Waals surface area (Å²) in [6, 6.07) is 10.3. The number of aryl methyl sites for hydroxylation is 1. The minimum absolute atomic E-state index is 0.800. The Morgan fingerprint density at radius 1 is 1.17 bits per heavy atom. The van der Waals surface area contributed by atoms with Crippen LogP contribution in [-0.2, 0) is 12.8 Å². The topological polar surface area (TPSA) is 48.0 Å². The number of nitrogens with zero attached hydrogens (tertiary/aromatic N) is 5. The normalized spacial score (nSPS) is 11.4. The zero-order valence-corrected chi connectivity index (χ0v) is 14.4. The van der Waals surface area contributed by atoms with E-state index in [1.54, 1.807) is 23.1 Å². The molecule has 23 heavy (non-hydrogen) atoms. The van der Waals surface area contributed by atoms with Crippen molar-refractivity contribution in [1.29, 1.82) is 0 Å². The van der Waals surface area contributed by atoms with Gasteiger partial charge in [0.25, 0.3) is 0 Å². The van der Waals surface area contributed by atoms with E-state index in [2.05, 4.69) is 38.3 Å². The van der Waals surface area contributed by atoms with Gasteiger partial charge in [0.2, 0.25) is 0 Å². The van der Waals surface area contributed by atoms with Crippen LogP contribution < -0.4 is 0 Å². The number of thiazole rings is 1. The van der Waals surface area contributed by atoms with Crippen molar-refractivity contribution in [2.24, 2.45) is 7.05 Å². The van der Waals surface area contributed by atoms with Crippen molar-refractivity contribution in [2.45, 2.75) is 17.8 Å². The summed E-state index contributed by atoms with van der Waals surface area (Å²) in [5.74, 6) is 1.72. The van der Waals surface area contributed by atoms with Crippen molar-refractivity contribution >= 4 is 28.1 Å². The smallest absolute Gasteiger partial charge is 0.194 e. The standard InChI is InChI=1S/C16H15N5S2/c1-11-18-19-16(20(11)2)23-10-13-14(12-6-4-3-5-7-12)17-15-21(13)8-9-22-15/h3-9H,10H2,1-2H3. The van der Waals surface area contributed by atoms with Crippen molar-refractivity contribution in [1.82, 2.24) is 24.1 Å². The Bertz CT molecular complexity index is 952. The Morgan fingerprint density at radius 2 is 2.00 bits per heavy atom. The summed E-state index contributed by atoms with van der Waals surface area (Å²) in [6.07, 6.45) is 2.08. The molecule has 0 saturated carbocycles. The molecule has 0 bridgehead atoms. The third kappa shape index (κ3) is 2.55. The Balaban J connectivity index is 1.73. The molecule has 1 aromatic carbocycles. The van der Waals surface area contributed by atoms with Crippen LogP contribution in [0.1, 0.15) is 11.5 Å². The highest BCUT2D eigenvalue weighted by Crippen LogP contribution is 2.31. The second kappa shape index (κ2) is 5.82. The van der Waals surface area contributed by atoms with Gasteiger partial charge < -0.3 is 4.57 Å². The molecule has 3 heterocycles. The third-order valence-electron chi connectivity index (χ3n) is 3.80. The molecule has 0 aliphatic heterocycles. The quantitative estimate of drug-likeness (QED) is 0.530. The molecule has 5 nitrogen and oxygen atoms in total. The summed E-state index contributed by atoms with van der Waals surface area (Å²) in [5, 5.41) is 11.3. The largest absolute Gasteiger partial charge is 0.309 e. The molecule has 0 fully saturated rings. The zero-order chi connectivity index (χ0) is 15.8. The van der Waals surface area contributed by atoms with E-state index in [-0.39, 0.29) is 0 Å². The lowest BCUT2D eigenvalue weighted by Gasteiger charge is -2.05. The van der Waals surface area contributed by atoms with E-state index >= 15 is 0 Å². The van der Waals surface area contributed by atoms with Gasteiger partial charge in [-0.2, -0.15) is 0 Å². The highest BCUT2D eigenvalue weighted by molar-refractivity contribution is 7.98. The van der Waals surface area contributed by atoms with Crippen LogP contribution in [0.25, 0.3) is 16.2 Å². The molecule has 0 spiro atoms. The van der Waals surface area contributed by atoms with Crippen LogP contribution in [0.3, 0.4) is 0 Å². The Kier molecular flexibility index (Phi) is 3.66. The van der Waals surface area contributed by atoms with Crippen molar-refractivity contribution in [2.75, 3.05) is 0 Å². The number of hydrogen-bond acceptors (Lipinski definition) is 5. The first-order valence-corrected chi connectivity index (χ1v) is 9.09. The number of hydrogen-bond donors (Lipinski definition) is 0. The van der Waals surface area contributed by atoms with E-state index < -0.39 is 0 Å². The van der Waals surface area contributed by atoms with Gasteiger partial charge in [-0.3, -0.25) is 4.40 Å². The predicted molar refractivity (Wildman–Crippen MR) is 93.8 cm³/mol. The van der Waals surface area contributed by atoms with Gasteiger partial charge in [-0.1, -0.05) is 42.1 Å². The monoisotopic (exact) mass is 341 g/mol. The van der Waals surface area contributed by atoms with Crippen LogP contribution in [0.15, 0.2) is 47.1 Å². The second-order valence-electron chi connectivity index (χ2n) is 5.21. The third-order valence-corrected chi connectivity index (χ3v) is 5.59. The van der Waals surface area contributed by atoms with Gasteiger partial charge in [-0.25, -0.2) is 4.98 Å². The molecule has 0 N–H and O–H groups in total. The molecule has 4 rings (SSSR count). The number of benzene rings is 1. The fourth-order valence-electron chi connectivity index (χ4n) is 2.44. The van der Waals surface area contributed by atoms with Crippen LogP contribution >= 0.6 is 23.1 Å². The molecule has 0 radical (unpaired) electrons. The second-order valence-corrected chi connectivity index (χ2v) is 7.02. The lowest BCUT2D eigenvalue weighted by atomic mass is 10.1. The Labute approximate surface area is 142 Å². The van der Waals surface area contributed by atoms with Crippen LogP contribution in [-0.4, -0.2) is 24.1 Å². The van der Waals surface area contributed by atoms with Crippen molar-refractivity contribution < 1.29 is 0 Å². The molecule has 4 aromatic rings. The van der Waals surface area contributed by atoms with E-state index in [0.717, 1.165) is 33.0 Å². The summed E-state index contributed by atoms with van der Waals surface area (Å²) in [7, 11) is 1.99. The number of imidazole rings is 1. The maximum absolute atomic E-state index is 4.81. The SMILES string of the molecule is Cc1nnc(SCc2c(-c3ccccc3)nc3sccn23)n1C. The van der Waals surface area contributed by atoms with Gasteiger partial charge in [-0.05, 0) is 6.92 Å². The van der Waals surface area contributed by atoms with Gasteiger partial charge in [0.1, 0.15) is 5.82 Å². The highest BCUT2D eigenvalue weighted by atomic mass is 32.2. The van der Waals surface area contributed by atoms with Crippen LogP contribution in [0.4, 0.5) is 0 Å². The molecule has 0 amide bonds. The Hall–Kier alpha value is -2.12.